The minimum atomic E-state index is -0.858. The first-order valence-corrected chi connectivity index (χ1v) is 6.13. The molecule has 0 saturated heterocycles. The van der Waals surface area contributed by atoms with Gasteiger partial charge in [-0.2, -0.15) is 4.98 Å². The molecule has 0 radical (unpaired) electrons. The maximum absolute atomic E-state index is 13.7. The quantitative estimate of drug-likeness (QED) is 0.735. The zero-order valence-electron chi connectivity index (χ0n) is 10.3. The molecular weight excluding hydrogens is 302 g/mol. The summed E-state index contributed by atoms with van der Waals surface area (Å²) in [7, 11) is 0. The first kappa shape index (κ1) is 13.4. The second-order valence-electron chi connectivity index (χ2n) is 4.11. The van der Waals surface area contributed by atoms with Crippen LogP contribution in [0.5, 0.6) is 0 Å². The molecule has 0 aliphatic heterocycles. The van der Waals surface area contributed by atoms with E-state index >= 15 is 0 Å². The van der Waals surface area contributed by atoms with Crippen LogP contribution >= 0.6 is 11.6 Å². The van der Waals surface area contributed by atoms with E-state index in [0.717, 1.165) is 6.07 Å². The number of hydrogen-bond acceptors (Lipinski definition) is 5. The molecule has 5 nitrogen and oxygen atoms in total. The van der Waals surface area contributed by atoms with Gasteiger partial charge in [0.2, 0.25) is 5.82 Å². The van der Waals surface area contributed by atoms with Gasteiger partial charge in [0.25, 0.3) is 5.89 Å². The summed E-state index contributed by atoms with van der Waals surface area (Å²) in [6.07, 6.45) is 1.51. The molecule has 1 aromatic carbocycles. The third kappa shape index (κ3) is 2.43. The lowest BCUT2D eigenvalue weighted by Crippen LogP contribution is -1.95. The van der Waals surface area contributed by atoms with E-state index in [1.54, 1.807) is 12.1 Å². The molecule has 21 heavy (non-hydrogen) atoms. The molecule has 0 unspecified atom stereocenters. The molecule has 0 aliphatic rings. The van der Waals surface area contributed by atoms with Gasteiger partial charge in [-0.1, -0.05) is 16.8 Å². The molecule has 0 saturated carbocycles. The number of nitrogens with zero attached hydrogens (tertiary/aromatic N) is 3. The first-order chi connectivity index (χ1) is 10.1. The van der Waals surface area contributed by atoms with E-state index in [1.165, 1.54) is 6.20 Å². The van der Waals surface area contributed by atoms with Gasteiger partial charge >= 0.3 is 0 Å². The molecule has 0 bridgehead atoms. The van der Waals surface area contributed by atoms with Gasteiger partial charge in [-0.3, -0.25) is 4.98 Å². The molecule has 2 aromatic heterocycles. The highest BCUT2D eigenvalue weighted by molar-refractivity contribution is 6.32. The van der Waals surface area contributed by atoms with E-state index in [4.69, 9.17) is 21.9 Å². The van der Waals surface area contributed by atoms with Crippen LogP contribution in [-0.4, -0.2) is 15.1 Å². The van der Waals surface area contributed by atoms with Crippen LogP contribution in [0.3, 0.4) is 0 Å². The summed E-state index contributed by atoms with van der Waals surface area (Å²) in [4.78, 5) is 8.01. The van der Waals surface area contributed by atoms with Gasteiger partial charge in [0.15, 0.2) is 0 Å². The van der Waals surface area contributed by atoms with Crippen LogP contribution < -0.4 is 5.73 Å². The van der Waals surface area contributed by atoms with Crippen LogP contribution in [0.2, 0.25) is 5.02 Å². The summed E-state index contributed by atoms with van der Waals surface area (Å²) in [5.74, 6) is -1.76. The summed E-state index contributed by atoms with van der Waals surface area (Å²) in [5, 5.41) is 4.01. The summed E-state index contributed by atoms with van der Waals surface area (Å²) >= 11 is 5.96. The minimum absolute atomic E-state index is 0.0953. The summed E-state index contributed by atoms with van der Waals surface area (Å²) in [5.41, 5.74) is 5.38. The highest BCUT2D eigenvalue weighted by Gasteiger charge is 2.18. The largest absolute Gasteiger partial charge is 0.396 e. The van der Waals surface area contributed by atoms with Crippen molar-refractivity contribution >= 4 is 17.3 Å². The number of pyridine rings is 1. The highest BCUT2D eigenvalue weighted by atomic mass is 35.5. The standard InChI is InChI=1S/C13H7ClF2N4O/c14-7-2-1-3-18-11(7)12-19-13(21-20-12)6-4-10(17)9(16)5-8(6)15/h1-5H,17H2. The molecule has 0 spiro atoms. The average Bonchev–Trinajstić information content (AvgIpc) is 2.92. The molecule has 3 aromatic rings. The monoisotopic (exact) mass is 308 g/mol. The second-order valence-corrected chi connectivity index (χ2v) is 4.52. The molecule has 0 fully saturated rings. The van der Waals surface area contributed by atoms with Crippen LogP contribution in [0.15, 0.2) is 35.0 Å². The SMILES string of the molecule is Nc1cc(-c2nc(-c3ncccc3Cl)no2)c(F)cc1F. The second kappa shape index (κ2) is 5.10. The molecule has 106 valence electrons. The van der Waals surface area contributed by atoms with Crippen molar-refractivity contribution in [3.63, 3.8) is 0 Å². The van der Waals surface area contributed by atoms with E-state index < -0.39 is 11.6 Å². The van der Waals surface area contributed by atoms with Crippen molar-refractivity contribution in [2.45, 2.75) is 0 Å². The van der Waals surface area contributed by atoms with Crippen LogP contribution in [0.4, 0.5) is 14.5 Å². The first-order valence-electron chi connectivity index (χ1n) is 5.75. The van der Waals surface area contributed by atoms with Gasteiger partial charge in [0, 0.05) is 12.3 Å². The fourth-order valence-electron chi connectivity index (χ4n) is 1.71. The van der Waals surface area contributed by atoms with Crippen LogP contribution in [0.25, 0.3) is 23.0 Å². The predicted molar refractivity (Wildman–Crippen MR) is 72.3 cm³/mol. The van der Waals surface area contributed by atoms with E-state index in [9.17, 15) is 8.78 Å². The molecule has 2 N–H and O–H groups in total. The maximum Gasteiger partial charge on any atom is 0.261 e. The molecule has 0 amide bonds. The van der Waals surface area contributed by atoms with Gasteiger partial charge in [-0.05, 0) is 18.2 Å². The number of anilines is 1. The molecule has 2 heterocycles. The zero-order chi connectivity index (χ0) is 15.0. The summed E-state index contributed by atoms with van der Waals surface area (Å²) in [6.45, 7) is 0. The van der Waals surface area contributed by atoms with Crippen LogP contribution in [-0.2, 0) is 0 Å². The predicted octanol–water partition coefficient (Wildman–Crippen LogP) is 3.31. The maximum atomic E-state index is 13.7. The number of benzene rings is 1. The van der Waals surface area contributed by atoms with Crippen molar-refractivity contribution in [1.82, 2.24) is 15.1 Å². The Morgan fingerprint density at radius 3 is 2.76 bits per heavy atom. The van der Waals surface area contributed by atoms with E-state index in [2.05, 4.69) is 15.1 Å². The molecule has 8 heteroatoms. The van der Waals surface area contributed by atoms with Crippen molar-refractivity contribution in [2.75, 3.05) is 5.73 Å². The molecular formula is C13H7ClF2N4O. The third-order valence-electron chi connectivity index (χ3n) is 2.71. The number of nitrogens with two attached hydrogens (primary N) is 1. The molecule has 0 atom stereocenters. The van der Waals surface area contributed by atoms with E-state index in [-0.39, 0.29) is 23.0 Å². The topological polar surface area (TPSA) is 77.8 Å². The van der Waals surface area contributed by atoms with E-state index in [1.807, 2.05) is 0 Å². The lowest BCUT2D eigenvalue weighted by atomic mass is 10.2. The fraction of sp³-hybridized carbons (Fsp3) is 0. The van der Waals surface area contributed by atoms with E-state index in [0.29, 0.717) is 16.8 Å². The molecule has 0 aliphatic carbocycles. The number of nitrogen functional groups attached to an aromatic ring is 1. The van der Waals surface area contributed by atoms with Crippen LogP contribution in [0, 0.1) is 11.6 Å². The zero-order valence-corrected chi connectivity index (χ0v) is 11.1. The highest BCUT2D eigenvalue weighted by Crippen LogP contribution is 2.29. The Kier molecular flexibility index (Phi) is 3.26. The van der Waals surface area contributed by atoms with Crippen molar-refractivity contribution in [1.29, 1.82) is 0 Å². The number of aromatic nitrogens is 3. The Morgan fingerprint density at radius 1 is 1.19 bits per heavy atom. The van der Waals surface area contributed by atoms with Crippen LogP contribution in [0.1, 0.15) is 0 Å². The van der Waals surface area contributed by atoms with Gasteiger partial charge in [0.05, 0.1) is 16.3 Å². The Labute approximate surface area is 122 Å². The minimum Gasteiger partial charge on any atom is -0.396 e. The van der Waals surface area contributed by atoms with Crippen molar-refractivity contribution in [3.8, 4) is 23.0 Å². The van der Waals surface area contributed by atoms with Crippen molar-refractivity contribution in [3.05, 3.63) is 47.1 Å². The summed E-state index contributed by atoms with van der Waals surface area (Å²) < 4.78 is 31.8. The Bertz CT molecular complexity index is 822. The third-order valence-corrected chi connectivity index (χ3v) is 3.02. The lowest BCUT2D eigenvalue weighted by Gasteiger charge is -2.00. The lowest BCUT2D eigenvalue weighted by molar-refractivity contribution is 0.429. The Morgan fingerprint density at radius 2 is 2.00 bits per heavy atom. The average molecular weight is 309 g/mol. The Balaban J connectivity index is 2.07. The number of halogens is 3. The number of hydrogen-bond donors (Lipinski definition) is 1. The van der Waals surface area contributed by atoms with Gasteiger partial charge in [-0.15, -0.1) is 0 Å². The van der Waals surface area contributed by atoms with Gasteiger partial charge in [-0.25, -0.2) is 8.78 Å². The fourth-order valence-corrected chi connectivity index (χ4v) is 1.91. The van der Waals surface area contributed by atoms with Gasteiger partial charge in [0.1, 0.15) is 17.3 Å². The Hall–Kier alpha value is -2.54. The summed E-state index contributed by atoms with van der Waals surface area (Å²) in [6, 6.07) is 4.99. The molecule has 3 rings (SSSR count). The van der Waals surface area contributed by atoms with Gasteiger partial charge < -0.3 is 10.3 Å². The number of rotatable bonds is 2. The normalized spacial score (nSPS) is 10.8. The van der Waals surface area contributed by atoms with Crippen molar-refractivity contribution in [2.24, 2.45) is 0 Å². The van der Waals surface area contributed by atoms with Crippen molar-refractivity contribution < 1.29 is 13.3 Å². The smallest absolute Gasteiger partial charge is 0.261 e.